The van der Waals surface area contributed by atoms with Gasteiger partial charge in [0.2, 0.25) is 0 Å². The van der Waals surface area contributed by atoms with Crippen LogP contribution >= 0.6 is 0 Å². The topological polar surface area (TPSA) is 20.3 Å². The number of carbonyl (C=O) groups excluding carboxylic acids is 1. The van der Waals surface area contributed by atoms with E-state index in [1.807, 2.05) is 6.92 Å². The van der Waals surface area contributed by atoms with E-state index < -0.39 is 0 Å². The highest BCUT2D eigenvalue weighted by Gasteiger charge is 2.44. The summed E-state index contributed by atoms with van der Waals surface area (Å²) in [6.45, 7) is 5.31. The summed E-state index contributed by atoms with van der Waals surface area (Å²) < 4.78 is 0. The zero-order valence-electron chi connectivity index (χ0n) is 13.5. The Kier molecular flexibility index (Phi) is 4.17. The Labute approximate surface area is 128 Å². The van der Waals surface area contributed by atoms with Crippen molar-refractivity contribution in [2.75, 3.05) is 13.6 Å². The molecule has 0 aromatic heterocycles. The summed E-state index contributed by atoms with van der Waals surface area (Å²) in [5.74, 6) is 1.82. The monoisotopic (exact) mass is 285 g/mol. The van der Waals surface area contributed by atoms with Gasteiger partial charge in [-0.3, -0.25) is 4.79 Å². The largest absolute Gasteiger partial charge is 0.302 e. The Morgan fingerprint density at radius 3 is 2.57 bits per heavy atom. The van der Waals surface area contributed by atoms with Crippen LogP contribution in [-0.2, 0) is 4.79 Å². The predicted molar refractivity (Wildman–Crippen MR) is 86.5 cm³/mol. The van der Waals surface area contributed by atoms with E-state index in [9.17, 15) is 4.79 Å². The zero-order chi connectivity index (χ0) is 15.0. The maximum Gasteiger partial charge on any atom is 0.137 e. The second-order valence-corrected chi connectivity index (χ2v) is 7.05. The molecule has 2 unspecified atom stereocenters. The molecule has 4 atom stereocenters. The van der Waals surface area contributed by atoms with Crippen molar-refractivity contribution in [2.24, 2.45) is 11.8 Å². The SMILES string of the molecule is CCC(=O)[C@@H]1C2CCC(C[C@H]1c1ccc(C)cc1)CN2C. The van der Waals surface area contributed by atoms with Crippen molar-refractivity contribution in [2.45, 2.75) is 51.5 Å². The summed E-state index contributed by atoms with van der Waals surface area (Å²) in [7, 11) is 2.21. The first-order valence-electron chi connectivity index (χ1n) is 8.39. The average Bonchev–Trinajstić information content (AvgIpc) is 2.74. The lowest BCUT2D eigenvalue weighted by atomic mass is 9.77. The Balaban J connectivity index is 1.99. The molecule has 2 heterocycles. The van der Waals surface area contributed by atoms with Crippen LogP contribution in [0.4, 0.5) is 0 Å². The van der Waals surface area contributed by atoms with Gasteiger partial charge in [0.05, 0.1) is 0 Å². The van der Waals surface area contributed by atoms with Gasteiger partial charge in [-0.1, -0.05) is 36.8 Å². The van der Waals surface area contributed by atoms with Gasteiger partial charge in [-0.05, 0) is 50.6 Å². The zero-order valence-corrected chi connectivity index (χ0v) is 13.5. The molecule has 0 spiro atoms. The molecule has 4 rings (SSSR count). The van der Waals surface area contributed by atoms with E-state index in [0.29, 0.717) is 24.2 Å². The number of benzene rings is 1. The number of carbonyl (C=O) groups is 1. The van der Waals surface area contributed by atoms with Gasteiger partial charge < -0.3 is 4.90 Å². The Hall–Kier alpha value is -1.15. The van der Waals surface area contributed by atoms with Crippen molar-refractivity contribution >= 4 is 5.78 Å². The fraction of sp³-hybridized carbons (Fsp3) is 0.632. The molecule has 0 N–H and O–H groups in total. The van der Waals surface area contributed by atoms with Gasteiger partial charge in [0, 0.05) is 24.9 Å². The predicted octanol–water partition coefficient (Wildman–Crippen LogP) is 3.79. The fourth-order valence-electron chi connectivity index (χ4n) is 4.51. The molecule has 1 saturated carbocycles. The molecule has 3 aliphatic rings. The van der Waals surface area contributed by atoms with E-state index >= 15 is 0 Å². The molecule has 2 aliphatic heterocycles. The normalized spacial score (nSPS) is 32.9. The summed E-state index contributed by atoms with van der Waals surface area (Å²) in [5.41, 5.74) is 2.67. The van der Waals surface area contributed by atoms with Crippen LogP contribution in [0, 0.1) is 18.8 Å². The van der Waals surface area contributed by atoms with Crippen LogP contribution in [0.5, 0.6) is 0 Å². The van der Waals surface area contributed by atoms with Crippen molar-refractivity contribution in [1.29, 1.82) is 0 Å². The Morgan fingerprint density at radius 1 is 1.24 bits per heavy atom. The third-order valence-corrected chi connectivity index (χ3v) is 5.64. The number of hydrogen-bond donors (Lipinski definition) is 0. The molecular weight excluding hydrogens is 258 g/mol. The highest BCUT2D eigenvalue weighted by atomic mass is 16.1. The van der Waals surface area contributed by atoms with E-state index in [4.69, 9.17) is 0 Å². The highest BCUT2D eigenvalue weighted by Crippen LogP contribution is 2.45. The average molecular weight is 285 g/mol. The molecule has 1 aliphatic carbocycles. The van der Waals surface area contributed by atoms with Crippen LogP contribution in [0.25, 0.3) is 0 Å². The molecular formula is C19H27NO. The summed E-state index contributed by atoms with van der Waals surface area (Å²) >= 11 is 0. The summed E-state index contributed by atoms with van der Waals surface area (Å²) in [5, 5.41) is 0. The molecule has 2 saturated heterocycles. The maximum absolute atomic E-state index is 12.7. The van der Waals surface area contributed by atoms with E-state index in [1.165, 1.54) is 36.9 Å². The minimum atomic E-state index is 0.190. The van der Waals surface area contributed by atoms with Gasteiger partial charge in [-0.15, -0.1) is 0 Å². The second-order valence-electron chi connectivity index (χ2n) is 7.05. The van der Waals surface area contributed by atoms with Gasteiger partial charge in [-0.2, -0.15) is 0 Å². The molecule has 0 amide bonds. The number of fused-ring (bicyclic) bond motifs is 4. The van der Waals surface area contributed by atoms with E-state index in [0.717, 1.165) is 5.92 Å². The van der Waals surface area contributed by atoms with E-state index in [1.54, 1.807) is 0 Å². The lowest BCUT2D eigenvalue weighted by Gasteiger charge is -2.37. The maximum atomic E-state index is 12.7. The van der Waals surface area contributed by atoms with Gasteiger partial charge in [0.25, 0.3) is 0 Å². The number of rotatable bonds is 3. The molecule has 21 heavy (non-hydrogen) atoms. The third-order valence-electron chi connectivity index (χ3n) is 5.64. The lowest BCUT2D eigenvalue weighted by Crippen LogP contribution is -2.45. The van der Waals surface area contributed by atoms with Crippen LogP contribution in [0.1, 0.15) is 49.7 Å². The molecule has 3 fully saturated rings. The summed E-state index contributed by atoms with van der Waals surface area (Å²) in [6, 6.07) is 9.34. The van der Waals surface area contributed by atoms with Gasteiger partial charge in [0.1, 0.15) is 5.78 Å². The smallest absolute Gasteiger partial charge is 0.137 e. The van der Waals surface area contributed by atoms with Crippen LogP contribution in [0.3, 0.4) is 0 Å². The fourth-order valence-corrected chi connectivity index (χ4v) is 4.51. The third kappa shape index (κ3) is 2.78. The minimum absolute atomic E-state index is 0.190. The Bertz CT molecular complexity index is 507. The van der Waals surface area contributed by atoms with E-state index in [2.05, 4.69) is 43.1 Å². The molecule has 2 bridgehead atoms. The molecule has 1 aromatic carbocycles. The first-order chi connectivity index (χ1) is 10.1. The highest BCUT2D eigenvalue weighted by molar-refractivity contribution is 5.82. The number of piperidine rings is 1. The quantitative estimate of drug-likeness (QED) is 0.842. The number of ketones is 1. The van der Waals surface area contributed by atoms with Crippen LogP contribution in [0.2, 0.25) is 0 Å². The van der Waals surface area contributed by atoms with Gasteiger partial charge in [0.15, 0.2) is 0 Å². The van der Waals surface area contributed by atoms with Crippen molar-refractivity contribution < 1.29 is 4.79 Å². The van der Waals surface area contributed by atoms with Crippen LogP contribution < -0.4 is 0 Å². The number of nitrogens with zero attached hydrogens (tertiary/aromatic N) is 1. The molecule has 1 aromatic rings. The van der Waals surface area contributed by atoms with Crippen LogP contribution in [-0.4, -0.2) is 30.3 Å². The van der Waals surface area contributed by atoms with Crippen molar-refractivity contribution in [1.82, 2.24) is 4.90 Å². The van der Waals surface area contributed by atoms with Gasteiger partial charge >= 0.3 is 0 Å². The van der Waals surface area contributed by atoms with E-state index in [-0.39, 0.29) is 5.92 Å². The van der Waals surface area contributed by atoms with Crippen LogP contribution in [0.15, 0.2) is 24.3 Å². The lowest BCUT2D eigenvalue weighted by molar-refractivity contribution is -0.125. The summed E-state index contributed by atoms with van der Waals surface area (Å²) in [4.78, 5) is 15.1. The summed E-state index contributed by atoms with van der Waals surface area (Å²) in [6.07, 6.45) is 4.34. The molecule has 2 heteroatoms. The second kappa shape index (κ2) is 5.92. The minimum Gasteiger partial charge on any atom is -0.302 e. The number of aryl methyl sites for hydroxylation is 1. The number of hydrogen-bond acceptors (Lipinski definition) is 2. The molecule has 2 nitrogen and oxygen atoms in total. The van der Waals surface area contributed by atoms with Crippen molar-refractivity contribution in [3.63, 3.8) is 0 Å². The Morgan fingerprint density at radius 2 is 1.95 bits per heavy atom. The molecule has 114 valence electrons. The number of Topliss-reactive ketones (excluding diaryl/α,β-unsaturated/α-hetero) is 1. The molecule has 0 radical (unpaired) electrons. The standard InChI is InChI=1S/C19H27NO/c1-4-18(21)19-16(15-8-5-13(2)6-9-15)11-14-7-10-17(19)20(3)12-14/h5-6,8-9,14,16-17,19H,4,7,10-12H2,1-3H3/t14?,16-,17?,19-/m0/s1. The first-order valence-corrected chi connectivity index (χ1v) is 8.39. The van der Waals surface area contributed by atoms with Crippen molar-refractivity contribution in [3.8, 4) is 0 Å². The van der Waals surface area contributed by atoms with Gasteiger partial charge in [-0.25, -0.2) is 0 Å². The van der Waals surface area contributed by atoms with Crippen molar-refractivity contribution in [3.05, 3.63) is 35.4 Å². The first kappa shape index (κ1) is 14.8.